The van der Waals surface area contributed by atoms with Gasteiger partial charge in [0, 0.05) is 37.5 Å². The first-order chi connectivity index (χ1) is 13.7. The fourth-order valence-electron chi connectivity index (χ4n) is 3.16. The van der Waals surface area contributed by atoms with Crippen LogP contribution in [0.25, 0.3) is 11.5 Å². The van der Waals surface area contributed by atoms with Crippen LogP contribution in [0.5, 0.6) is 11.5 Å². The zero-order valence-electron chi connectivity index (χ0n) is 17.2. The van der Waals surface area contributed by atoms with Crippen LogP contribution >= 0.6 is 0 Å². The van der Waals surface area contributed by atoms with Crippen molar-refractivity contribution >= 4 is 10.0 Å². The second kappa shape index (κ2) is 7.88. The highest BCUT2D eigenvalue weighted by Crippen LogP contribution is 2.34. The molecule has 0 aliphatic carbocycles. The van der Waals surface area contributed by atoms with E-state index in [-0.39, 0.29) is 17.3 Å². The van der Waals surface area contributed by atoms with E-state index in [0.717, 1.165) is 0 Å². The molecule has 0 aliphatic heterocycles. The minimum Gasteiger partial charge on any atom is -0.497 e. The summed E-state index contributed by atoms with van der Waals surface area (Å²) in [6, 6.07) is 5.21. The third-order valence-corrected chi connectivity index (χ3v) is 6.43. The molecular formula is C19H24N4O5S. The van der Waals surface area contributed by atoms with Crippen LogP contribution in [0.15, 0.2) is 27.5 Å². The Labute approximate surface area is 169 Å². The van der Waals surface area contributed by atoms with Crippen molar-refractivity contribution in [2.24, 2.45) is 7.05 Å². The number of benzene rings is 1. The lowest BCUT2D eigenvalue weighted by Gasteiger charge is -2.12. The van der Waals surface area contributed by atoms with Crippen molar-refractivity contribution in [2.45, 2.75) is 32.2 Å². The fourth-order valence-corrected chi connectivity index (χ4v) is 4.68. The van der Waals surface area contributed by atoms with Crippen molar-refractivity contribution < 1.29 is 22.3 Å². The summed E-state index contributed by atoms with van der Waals surface area (Å²) in [5.41, 5.74) is 2.33. The summed E-state index contributed by atoms with van der Waals surface area (Å²) in [5.74, 6) is 1.69. The molecule has 2 aromatic heterocycles. The Bertz CT molecular complexity index is 1150. The second-order valence-electron chi connectivity index (χ2n) is 6.56. The van der Waals surface area contributed by atoms with Gasteiger partial charge in [0.2, 0.25) is 15.9 Å². The van der Waals surface area contributed by atoms with Gasteiger partial charge in [-0.3, -0.25) is 0 Å². The zero-order chi connectivity index (χ0) is 21.3. The van der Waals surface area contributed by atoms with E-state index >= 15 is 0 Å². The van der Waals surface area contributed by atoms with Crippen molar-refractivity contribution in [1.29, 1.82) is 0 Å². The molecule has 156 valence electrons. The molecule has 0 fully saturated rings. The lowest BCUT2D eigenvalue weighted by atomic mass is 10.2. The maximum absolute atomic E-state index is 13.3. The number of hydrogen-bond donors (Lipinski definition) is 1. The summed E-state index contributed by atoms with van der Waals surface area (Å²) < 4.78 is 47.0. The first kappa shape index (κ1) is 20.9. The van der Waals surface area contributed by atoms with Crippen LogP contribution in [0.4, 0.5) is 0 Å². The summed E-state index contributed by atoms with van der Waals surface area (Å²) in [7, 11) is 0.968. The molecule has 2 heterocycles. The number of aromatic nitrogens is 3. The second-order valence-corrected chi connectivity index (χ2v) is 8.27. The number of aryl methyl sites for hydroxylation is 1. The van der Waals surface area contributed by atoms with Crippen molar-refractivity contribution in [1.82, 2.24) is 19.5 Å². The molecule has 0 saturated carbocycles. The Kier molecular flexibility index (Phi) is 5.67. The number of hydrogen-bond acceptors (Lipinski definition) is 7. The van der Waals surface area contributed by atoms with Gasteiger partial charge >= 0.3 is 0 Å². The first-order valence-corrected chi connectivity index (χ1v) is 10.3. The monoisotopic (exact) mass is 420 g/mol. The van der Waals surface area contributed by atoms with E-state index in [1.54, 1.807) is 50.8 Å². The lowest BCUT2D eigenvalue weighted by molar-refractivity contribution is 0.398. The van der Waals surface area contributed by atoms with Crippen molar-refractivity contribution in [3.05, 3.63) is 41.0 Å². The van der Waals surface area contributed by atoms with E-state index in [9.17, 15) is 8.42 Å². The number of sulfonamides is 1. The van der Waals surface area contributed by atoms with E-state index < -0.39 is 10.0 Å². The quantitative estimate of drug-likeness (QED) is 0.625. The van der Waals surface area contributed by atoms with Gasteiger partial charge in [-0.1, -0.05) is 0 Å². The zero-order valence-corrected chi connectivity index (χ0v) is 18.0. The smallest absolute Gasteiger partial charge is 0.250 e. The van der Waals surface area contributed by atoms with Gasteiger partial charge in [0.1, 0.15) is 16.4 Å². The molecule has 10 heteroatoms. The van der Waals surface area contributed by atoms with Crippen LogP contribution in [0.3, 0.4) is 0 Å². The van der Waals surface area contributed by atoms with E-state index in [4.69, 9.17) is 13.9 Å². The van der Waals surface area contributed by atoms with Crippen molar-refractivity contribution in [3.63, 3.8) is 0 Å². The summed E-state index contributed by atoms with van der Waals surface area (Å²) in [5, 5.41) is 7.85. The van der Waals surface area contributed by atoms with Gasteiger partial charge < -0.3 is 18.5 Å². The summed E-state index contributed by atoms with van der Waals surface area (Å²) in [6.07, 6.45) is 0. The molecule has 3 aromatic rings. The highest BCUT2D eigenvalue weighted by Gasteiger charge is 2.30. The molecule has 29 heavy (non-hydrogen) atoms. The van der Waals surface area contributed by atoms with E-state index in [2.05, 4.69) is 14.9 Å². The topological polar surface area (TPSA) is 108 Å². The van der Waals surface area contributed by atoms with Gasteiger partial charge in [0.25, 0.3) is 5.89 Å². The fraction of sp³-hybridized carbons (Fsp3) is 0.368. The van der Waals surface area contributed by atoms with Gasteiger partial charge in [-0.25, -0.2) is 13.1 Å². The molecule has 0 aliphatic rings. The number of rotatable bonds is 7. The molecule has 0 bridgehead atoms. The standard InChI is InChI=1S/C19H24N4O5S/c1-11-17(19-22-21-13(3)28-19)18(12(2)23(11)4)29(24,25)20-10-14-9-15(26-5)7-8-16(14)27-6/h7-9,20H,10H2,1-6H3. The van der Waals surface area contributed by atoms with Crippen molar-refractivity contribution in [3.8, 4) is 23.0 Å². The Morgan fingerprint density at radius 2 is 1.83 bits per heavy atom. The maximum Gasteiger partial charge on any atom is 0.250 e. The Balaban J connectivity index is 2.02. The van der Waals surface area contributed by atoms with Crippen LogP contribution in [0, 0.1) is 20.8 Å². The molecule has 0 unspecified atom stereocenters. The molecule has 1 N–H and O–H groups in total. The lowest BCUT2D eigenvalue weighted by Crippen LogP contribution is -2.24. The molecule has 1 aromatic carbocycles. The molecule has 0 spiro atoms. The maximum atomic E-state index is 13.3. The summed E-state index contributed by atoms with van der Waals surface area (Å²) in [4.78, 5) is 0.114. The molecule has 0 radical (unpaired) electrons. The van der Waals surface area contributed by atoms with E-state index in [1.165, 1.54) is 7.11 Å². The molecule has 0 atom stereocenters. The number of ether oxygens (including phenoxy) is 2. The van der Waals surface area contributed by atoms with Crippen LogP contribution in [-0.4, -0.2) is 37.4 Å². The average molecular weight is 420 g/mol. The highest BCUT2D eigenvalue weighted by atomic mass is 32.2. The molecule has 0 saturated heterocycles. The number of nitrogens with zero attached hydrogens (tertiary/aromatic N) is 3. The van der Waals surface area contributed by atoms with Crippen LogP contribution in [-0.2, 0) is 23.6 Å². The van der Waals surface area contributed by atoms with Gasteiger partial charge in [-0.2, -0.15) is 0 Å². The molecule has 0 amide bonds. The van der Waals surface area contributed by atoms with Crippen LogP contribution in [0.2, 0.25) is 0 Å². The normalized spacial score (nSPS) is 11.7. The summed E-state index contributed by atoms with van der Waals surface area (Å²) in [6.45, 7) is 5.23. The third-order valence-electron chi connectivity index (χ3n) is 4.87. The van der Waals surface area contributed by atoms with Gasteiger partial charge in [0.15, 0.2) is 0 Å². The first-order valence-electron chi connectivity index (χ1n) is 8.86. The predicted molar refractivity (Wildman–Crippen MR) is 106 cm³/mol. The minimum atomic E-state index is -3.90. The third kappa shape index (κ3) is 3.85. The summed E-state index contributed by atoms with van der Waals surface area (Å²) >= 11 is 0. The van der Waals surface area contributed by atoms with E-state index in [1.807, 2.05) is 6.92 Å². The average Bonchev–Trinajstić information content (AvgIpc) is 3.22. The number of methoxy groups -OCH3 is 2. The predicted octanol–water partition coefficient (Wildman–Crippen LogP) is 2.50. The Morgan fingerprint density at radius 1 is 1.10 bits per heavy atom. The SMILES string of the molecule is COc1ccc(OC)c(CNS(=O)(=O)c2c(-c3nnc(C)o3)c(C)n(C)c2C)c1. The Hall–Kier alpha value is -2.85. The van der Waals surface area contributed by atoms with Crippen LogP contribution < -0.4 is 14.2 Å². The van der Waals surface area contributed by atoms with E-state index in [0.29, 0.717) is 39.9 Å². The molecule has 9 nitrogen and oxygen atoms in total. The largest absolute Gasteiger partial charge is 0.497 e. The van der Waals surface area contributed by atoms with Crippen molar-refractivity contribution in [2.75, 3.05) is 14.2 Å². The minimum absolute atomic E-state index is 0.0262. The van der Waals surface area contributed by atoms with Gasteiger partial charge in [0.05, 0.1) is 19.8 Å². The van der Waals surface area contributed by atoms with Gasteiger partial charge in [-0.15, -0.1) is 10.2 Å². The molecular weight excluding hydrogens is 396 g/mol. The Morgan fingerprint density at radius 3 is 2.41 bits per heavy atom. The molecule has 3 rings (SSSR count). The highest BCUT2D eigenvalue weighted by molar-refractivity contribution is 7.89. The van der Waals surface area contributed by atoms with Gasteiger partial charge in [-0.05, 0) is 32.0 Å². The number of nitrogens with one attached hydrogen (secondary N) is 1. The van der Waals surface area contributed by atoms with Crippen LogP contribution in [0.1, 0.15) is 22.8 Å².